The van der Waals surface area contributed by atoms with Gasteiger partial charge in [-0.2, -0.15) is 0 Å². The quantitative estimate of drug-likeness (QED) is 0.738. The Labute approximate surface area is 121 Å². The molecule has 0 spiro atoms. The molecule has 0 unspecified atom stereocenters. The molecule has 0 aliphatic heterocycles. The minimum Gasteiger partial charge on any atom is -0.350 e. The molecule has 0 saturated heterocycles. The van der Waals surface area contributed by atoms with Crippen molar-refractivity contribution in [1.29, 1.82) is 0 Å². The molecule has 2 rings (SSSR count). The molecule has 20 heavy (non-hydrogen) atoms. The van der Waals surface area contributed by atoms with Crippen molar-refractivity contribution in [2.75, 3.05) is 11.9 Å². The molecule has 2 heteroatoms. The van der Waals surface area contributed by atoms with Crippen LogP contribution in [0.2, 0.25) is 0 Å². The molecule has 0 aromatic heterocycles. The second-order valence-corrected chi connectivity index (χ2v) is 4.94. The smallest absolute Gasteiger partial charge is 0.0422 e. The van der Waals surface area contributed by atoms with Gasteiger partial charge in [0.2, 0.25) is 0 Å². The van der Waals surface area contributed by atoms with Crippen LogP contribution in [-0.4, -0.2) is 13.8 Å². The Hall–Kier alpha value is -2.35. The molecule has 2 aromatic carbocycles. The Morgan fingerprint density at radius 3 is 2.20 bits per heavy atom. The summed E-state index contributed by atoms with van der Waals surface area (Å²) < 4.78 is 0. The largest absolute Gasteiger partial charge is 0.350 e. The first-order valence-corrected chi connectivity index (χ1v) is 6.65. The molecule has 0 aliphatic rings. The van der Waals surface area contributed by atoms with Gasteiger partial charge in [-0.3, -0.25) is 4.99 Å². The number of nitrogens with zero attached hydrogens (tertiary/aromatic N) is 2. The number of aryl methyl sites for hydroxylation is 2. The van der Waals surface area contributed by atoms with E-state index in [0.717, 1.165) is 5.69 Å². The molecule has 0 saturated carbocycles. The number of aliphatic imine (C=N–C) groups is 1. The van der Waals surface area contributed by atoms with Crippen molar-refractivity contribution in [2.45, 2.75) is 13.8 Å². The van der Waals surface area contributed by atoms with E-state index in [2.05, 4.69) is 68.0 Å². The van der Waals surface area contributed by atoms with E-state index in [4.69, 9.17) is 0 Å². The van der Waals surface area contributed by atoms with Gasteiger partial charge in [-0.25, -0.2) is 0 Å². The first kappa shape index (κ1) is 14.1. The number of benzene rings is 2. The zero-order chi connectivity index (χ0) is 14.5. The fraction of sp³-hybridized carbons (Fsp3) is 0.167. The summed E-state index contributed by atoms with van der Waals surface area (Å²) in [6, 6.07) is 15.1. The van der Waals surface area contributed by atoms with Crippen LogP contribution in [0.3, 0.4) is 0 Å². The summed E-state index contributed by atoms with van der Waals surface area (Å²) in [5, 5.41) is 0. The Bertz CT molecular complexity index is 624. The highest BCUT2D eigenvalue weighted by molar-refractivity contribution is 5.67. The molecule has 102 valence electrons. The van der Waals surface area contributed by atoms with Gasteiger partial charge in [0.25, 0.3) is 0 Å². The van der Waals surface area contributed by atoms with E-state index in [1.54, 1.807) is 6.20 Å². The SMILES string of the molecule is C=N/C=C\N(C)c1ccc(-c2ccc(C)c(C)c2)cc1. The minimum atomic E-state index is 1.12. The monoisotopic (exact) mass is 264 g/mol. The van der Waals surface area contributed by atoms with E-state index in [1.807, 2.05) is 18.1 Å². The zero-order valence-electron chi connectivity index (χ0n) is 12.3. The maximum atomic E-state index is 3.71. The highest BCUT2D eigenvalue weighted by Gasteiger charge is 2.01. The van der Waals surface area contributed by atoms with Crippen molar-refractivity contribution in [1.82, 2.24) is 0 Å². The number of hydrogen-bond donors (Lipinski definition) is 0. The third-order valence-electron chi connectivity index (χ3n) is 3.51. The first-order chi connectivity index (χ1) is 9.61. The molecular weight excluding hydrogens is 244 g/mol. The van der Waals surface area contributed by atoms with Crippen LogP contribution >= 0.6 is 0 Å². The normalized spacial score (nSPS) is 10.8. The summed E-state index contributed by atoms with van der Waals surface area (Å²) in [5.41, 5.74) is 6.26. The summed E-state index contributed by atoms with van der Waals surface area (Å²) in [4.78, 5) is 5.72. The predicted octanol–water partition coefficient (Wildman–Crippen LogP) is 4.58. The van der Waals surface area contributed by atoms with Gasteiger partial charge in [-0.1, -0.05) is 30.3 Å². The van der Waals surface area contributed by atoms with Gasteiger partial charge in [-0.15, -0.1) is 0 Å². The maximum absolute atomic E-state index is 3.71. The molecule has 0 heterocycles. The lowest BCUT2D eigenvalue weighted by atomic mass is 10.0. The second-order valence-electron chi connectivity index (χ2n) is 4.94. The summed E-state index contributed by atoms with van der Waals surface area (Å²) in [6.45, 7) is 7.71. The van der Waals surface area contributed by atoms with Crippen LogP contribution in [0.5, 0.6) is 0 Å². The van der Waals surface area contributed by atoms with Crippen molar-refractivity contribution >= 4 is 12.4 Å². The van der Waals surface area contributed by atoms with Crippen LogP contribution < -0.4 is 4.90 Å². The summed E-state index contributed by atoms with van der Waals surface area (Å²) in [5.74, 6) is 0. The van der Waals surface area contributed by atoms with E-state index in [-0.39, 0.29) is 0 Å². The average Bonchev–Trinajstić information content (AvgIpc) is 2.48. The van der Waals surface area contributed by atoms with Crippen molar-refractivity contribution in [3.63, 3.8) is 0 Å². The first-order valence-electron chi connectivity index (χ1n) is 6.65. The third-order valence-corrected chi connectivity index (χ3v) is 3.51. The fourth-order valence-electron chi connectivity index (χ4n) is 2.04. The van der Waals surface area contributed by atoms with Crippen molar-refractivity contribution in [2.24, 2.45) is 4.99 Å². The van der Waals surface area contributed by atoms with Crippen molar-refractivity contribution in [3.05, 3.63) is 66.0 Å². The standard InChI is InChI=1S/C18H20N2/c1-14-5-6-17(13-15(14)2)16-7-9-18(10-8-16)20(4)12-11-19-3/h5-13H,3H2,1-2,4H3/b12-11-. The Balaban J connectivity index is 2.25. The van der Waals surface area contributed by atoms with Gasteiger partial charge < -0.3 is 4.90 Å². The number of rotatable bonds is 4. The Morgan fingerprint density at radius 2 is 1.60 bits per heavy atom. The second kappa shape index (κ2) is 6.20. The fourth-order valence-corrected chi connectivity index (χ4v) is 2.04. The van der Waals surface area contributed by atoms with E-state index in [0.29, 0.717) is 0 Å². The van der Waals surface area contributed by atoms with Gasteiger partial charge in [0, 0.05) is 25.1 Å². The molecule has 0 fully saturated rings. The van der Waals surface area contributed by atoms with E-state index < -0.39 is 0 Å². The predicted molar refractivity (Wildman–Crippen MR) is 88.4 cm³/mol. The molecule has 0 N–H and O–H groups in total. The zero-order valence-corrected chi connectivity index (χ0v) is 12.3. The van der Waals surface area contributed by atoms with Crippen LogP contribution in [0.25, 0.3) is 11.1 Å². The molecule has 2 nitrogen and oxygen atoms in total. The molecule has 2 aromatic rings. The topological polar surface area (TPSA) is 15.6 Å². The molecular formula is C18H20N2. The average molecular weight is 264 g/mol. The van der Waals surface area contributed by atoms with Crippen LogP contribution in [0.4, 0.5) is 5.69 Å². The number of anilines is 1. The van der Waals surface area contributed by atoms with Crippen molar-refractivity contribution < 1.29 is 0 Å². The highest BCUT2D eigenvalue weighted by atomic mass is 15.1. The third kappa shape index (κ3) is 3.15. The van der Waals surface area contributed by atoms with E-state index >= 15 is 0 Å². The number of hydrogen-bond acceptors (Lipinski definition) is 2. The molecule has 0 amide bonds. The van der Waals surface area contributed by atoms with Crippen LogP contribution in [-0.2, 0) is 0 Å². The Kier molecular flexibility index (Phi) is 4.36. The molecule has 0 atom stereocenters. The Morgan fingerprint density at radius 1 is 0.950 bits per heavy atom. The van der Waals surface area contributed by atoms with Crippen LogP contribution in [0.15, 0.2) is 59.9 Å². The van der Waals surface area contributed by atoms with Crippen LogP contribution in [0, 0.1) is 13.8 Å². The van der Waals surface area contributed by atoms with E-state index in [9.17, 15) is 0 Å². The lowest BCUT2D eigenvalue weighted by Crippen LogP contribution is -2.06. The van der Waals surface area contributed by atoms with Gasteiger partial charge in [0.15, 0.2) is 0 Å². The summed E-state index contributed by atoms with van der Waals surface area (Å²) in [6.07, 6.45) is 3.56. The molecule has 0 radical (unpaired) electrons. The van der Waals surface area contributed by atoms with Gasteiger partial charge in [0.1, 0.15) is 0 Å². The molecule has 0 bridgehead atoms. The van der Waals surface area contributed by atoms with E-state index in [1.165, 1.54) is 22.3 Å². The van der Waals surface area contributed by atoms with Gasteiger partial charge >= 0.3 is 0 Å². The highest BCUT2D eigenvalue weighted by Crippen LogP contribution is 2.24. The lowest BCUT2D eigenvalue weighted by molar-refractivity contribution is 1.19. The summed E-state index contributed by atoms with van der Waals surface area (Å²) in [7, 11) is 1.99. The minimum absolute atomic E-state index is 1.12. The van der Waals surface area contributed by atoms with Crippen molar-refractivity contribution in [3.8, 4) is 11.1 Å². The van der Waals surface area contributed by atoms with Gasteiger partial charge in [-0.05, 0) is 55.0 Å². The summed E-state index contributed by atoms with van der Waals surface area (Å²) >= 11 is 0. The van der Waals surface area contributed by atoms with Crippen LogP contribution in [0.1, 0.15) is 11.1 Å². The lowest BCUT2D eigenvalue weighted by Gasteiger charge is -2.14. The molecule has 0 aliphatic carbocycles. The maximum Gasteiger partial charge on any atom is 0.0422 e. The van der Waals surface area contributed by atoms with Gasteiger partial charge in [0.05, 0.1) is 0 Å².